The number of unbranched alkanes of at least 4 members (excludes halogenated alkanes) is 2. The lowest BCUT2D eigenvalue weighted by Crippen LogP contribution is -2.43. The Hall–Kier alpha value is -1.66. The van der Waals surface area contributed by atoms with Gasteiger partial charge in [-0.05, 0) is 37.0 Å². The van der Waals surface area contributed by atoms with Gasteiger partial charge in [0.05, 0.1) is 5.92 Å². The summed E-state index contributed by atoms with van der Waals surface area (Å²) in [6, 6.07) is 7.78. The molecular formula is C20H27ClN4OS. The van der Waals surface area contributed by atoms with Crippen molar-refractivity contribution in [1.29, 1.82) is 0 Å². The van der Waals surface area contributed by atoms with Gasteiger partial charge in [-0.3, -0.25) is 4.79 Å². The predicted octanol–water partition coefficient (Wildman–Crippen LogP) is 4.31. The maximum absolute atomic E-state index is 12.4. The lowest BCUT2D eigenvalue weighted by Gasteiger charge is -2.31. The largest absolute Gasteiger partial charge is 0.356 e. The van der Waals surface area contributed by atoms with Crippen LogP contribution in [-0.2, 0) is 11.2 Å². The number of carbonyl (C=O) groups excluding carboxylic acids is 1. The van der Waals surface area contributed by atoms with Crippen LogP contribution in [0.15, 0.2) is 24.3 Å². The van der Waals surface area contributed by atoms with Gasteiger partial charge in [0, 0.05) is 42.6 Å². The zero-order valence-corrected chi connectivity index (χ0v) is 17.4. The first-order valence-corrected chi connectivity index (χ1v) is 10.9. The van der Waals surface area contributed by atoms with E-state index in [0.29, 0.717) is 6.42 Å². The van der Waals surface area contributed by atoms with Crippen LogP contribution in [0.5, 0.6) is 0 Å². The molecule has 0 aliphatic carbocycles. The van der Waals surface area contributed by atoms with E-state index in [9.17, 15) is 4.79 Å². The van der Waals surface area contributed by atoms with Gasteiger partial charge >= 0.3 is 0 Å². The van der Waals surface area contributed by atoms with Crippen molar-refractivity contribution in [1.82, 2.24) is 14.7 Å². The van der Waals surface area contributed by atoms with Gasteiger partial charge in [0.15, 0.2) is 0 Å². The molecule has 1 aromatic heterocycles. The van der Waals surface area contributed by atoms with Gasteiger partial charge in [-0.1, -0.05) is 43.5 Å². The van der Waals surface area contributed by atoms with E-state index in [1.807, 2.05) is 24.3 Å². The van der Waals surface area contributed by atoms with E-state index < -0.39 is 0 Å². The van der Waals surface area contributed by atoms with Crippen molar-refractivity contribution in [3.05, 3.63) is 40.7 Å². The molecule has 1 fully saturated rings. The first-order valence-electron chi connectivity index (χ1n) is 9.75. The first-order chi connectivity index (χ1) is 13.2. The van der Waals surface area contributed by atoms with Crippen LogP contribution in [0.1, 0.15) is 50.4 Å². The number of rotatable bonds is 8. The van der Waals surface area contributed by atoms with Crippen LogP contribution in [0, 0.1) is 5.92 Å². The number of anilines is 1. The molecule has 2 aromatic rings. The summed E-state index contributed by atoms with van der Waals surface area (Å²) in [5.74, 6) is 1.05. The molecule has 7 heteroatoms. The SMILES string of the molecule is CCCCCNC(=O)[C@@H]1CCCN(c2nc(Cc3ccc(Cl)cc3)ns2)C1. The lowest BCUT2D eigenvalue weighted by atomic mass is 9.97. The second-order valence-corrected chi connectivity index (χ2v) is 8.25. The Balaban J connectivity index is 1.54. The van der Waals surface area contributed by atoms with Crippen LogP contribution in [0.2, 0.25) is 5.02 Å². The molecule has 1 aliphatic heterocycles. The fourth-order valence-corrected chi connectivity index (χ4v) is 4.17. The van der Waals surface area contributed by atoms with Crippen molar-refractivity contribution in [2.45, 2.75) is 45.4 Å². The third-order valence-electron chi connectivity index (χ3n) is 4.88. The topological polar surface area (TPSA) is 58.1 Å². The molecule has 2 heterocycles. The van der Waals surface area contributed by atoms with E-state index in [1.54, 1.807) is 0 Å². The minimum atomic E-state index is 0.0454. The van der Waals surface area contributed by atoms with Gasteiger partial charge in [-0.2, -0.15) is 4.37 Å². The summed E-state index contributed by atoms with van der Waals surface area (Å²) in [6.07, 6.45) is 6.05. The molecule has 1 aliphatic rings. The molecule has 3 rings (SSSR count). The Kier molecular flexibility index (Phi) is 7.47. The van der Waals surface area contributed by atoms with Crippen LogP contribution in [-0.4, -0.2) is 34.9 Å². The number of piperidine rings is 1. The quantitative estimate of drug-likeness (QED) is 0.664. The standard InChI is InChI=1S/C20H27ClN4OS/c1-2-3-4-11-22-19(26)16-6-5-12-25(14-16)20-23-18(24-27-20)13-15-7-9-17(21)10-8-15/h7-10,16H,2-6,11-14H2,1H3,(H,22,26)/t16-/m1/s1. The van der Waals surface area contributed by atoms with Crippen molar-refractivity contribution in [3.63, 3.8) is 0 Å². The molecule has 27 heavy (non-hydrogen) atoms. The van der Waals surface area contributed by atoms with Gasteiger partial charge in [0.1, 0.15) is 5.82 Å². The molecule has 0 saturated carbocycles. The van der Waals surface area contributed by atoms with E-state index in [1.165, 1.54) is 18.0 Å². The third kappa shape index (κ3) is 5.91. The number of nitrogens with zero attached hydrogens (tertiary/aromatic N) is 3. The van der Waals surface area contributed by atoms with Crippen LogP contribution in [0.25, 0.3) is 0 Å². The Labute approximate surface area is 170 Å². The van der Waals surface area contributed by atoms with Crippen LogP contribution in [0.3, 0.4) is 0 Å². The maximum Gasteiger partial charge on any atom is 0.224 e. The van der Waals surface area contributed by atoms with E-state index in [-0.39, 0.29) is 11.8 Å². The number of benzene rings is 1. The lowest BCUT2D eigenvalue weighted by molar-refractivity contribution is -0.125. The van der Waals surface area contributed by atoms with Gasteiger partial charge in [0.2, 0.25) is 11.0 Å². The second kappa shape index (κ2) is 10.0. The Morgan fingerprint density at radius 3 is 2.93 bits per heavy atom. The highest BCUT2D eigenvalue weighted by Gasteiger charge is 2.27. The zero-order valence-electron chi connectivity index (χ0n) is 15.8. The van der Waals surface area contributed by atoms with Gasteiger partial charge in [-0.25, -0.2) is 4.98 Å². The fraction of sp³-hybridized carbons (Fsp3) is 0.550. The Morgan fingerprint density at radius 2 is 2.15 bits per heavy atom. The molecule has 0 spiro atoms. The summed E-state index contributed by atoms with van der Waals surface area (Å²) in [4.78, 5) is 19.3. The monoisotopic (exact) mass is 406 g/mol. The molecule has 146 valence electrons. The average Bonchev–Trinajstić information content (AvgIpc) is 3.15. The minimum Gasteiger partial charge on any atom is -0.356 e. The van der Waals surface area contributed by atoms with Gasteiger partial charge in [0.25, 0.3) is 0 Å². The molecule has 5 nitrogen and oxygen atoms in total. The molecule has 1 aromatic carbocycles. The molecule has 1 atom stereocenters. The maximum atomic E-state index is 12.4. The summed E-state index contributed by atoms with van der Waals surface area (Å²) >= 11 is 7.36. The summed E-state index contributed by atoms with van der Waals surface area (Å²) in [7, 11) is 0. The van der Waals surface area contributed by atoms with E-state index in [4.69, 9.17) is 16.6 Å². The van der Waals surface area contributed by atoms with E-state index in [0.717, 1.165) is 66.9 Å². The molecule has 1 N–H and O–H groups in total. The summed E-state index contributed by atoms with van der Waals surface area (Å²) in [5.41, 5.74) is 1.15. The fourth-order valence-electron chi connectivity index (χ4n) is 3.33. The van der Waals surface area contributed by atoms with Crippen LogP contribution >= 0.6 is 23.1 Å². The zero-order chi connectivity index (χ0) is 19.1. The highest BCUT2D eigenvalue weighted by molar-refractivity contribution is 7.09. The molecule has 0 bridgehead atoms. The molecule has 1 saturated heterocycles. The summed E-state index contributed by atoms with van der Waals surface area (Å²) < 4.78 is 4.50. The Bertz CT molecular complexity index is 734. The number of halogens is 1. The van der Waals surface area contributed by atoms with Gasteiger partial charge in [-0.15, -0.1) is 0 Å². The van der Waals surface area contributed by atoms with Crippen molar-refractivity contribution in [3.8, 4) is 0 Å². The number of aromatic nitrogens is 2. The summed E-state index contributed by atoms with van der Waals surface area (Å²) in [6.45, 7) is 4.63. The molecular weight excluding hydrogens is 380 g/mol. The molecule has 0 unspecified atom stereocenters. The normalized spacial score (nSPS) is 17.1. The molecule has 0 radical (unpaired) electrons. The van der Waals surface area contributed by atoms with E-state index in [2.05, 4.69) is 21.5 Å². The average molecular weight is 407 g/mol. The summed E-state index contributed by atoms with van der Waals surface area (Å²) in [5, 5.41) is 4.75. The van der Waals surface area contributed by atoms with Crippen molar-refractivity contribution >= 4 is 34.2 Å². The Morgan fingerprint density at radius 1 is 1.33 bits per heavy atom. The number of hydrogen-bond donors (Lipinski definition) is 1. The van der Waals surface area contributed by atoms with E-state index >= 15 is 0 Å². The second-order valence-electron chi connectivity index (χ2n) is 7.08. The molecule has 1 amide bonds. The van der Waals surface area contributed by atoms with Gasteiger partial charge < -0.3 is 10.2 Å². The highest BCUT2D eigenvalue weighted by atomic mass is 35.5. The number of hydrogen-bond acceptors (Lipinski definition) is 5. The number of amides is 1. The smallest absolute Gasteiger partial charge is 0.224 e. The highest BCUT2D eigenvalue weighted by Crippen LogP contribution is 2.25. The van der Waals surface area contributed by atoms with Crippen LogP contribution < -0.4 is 10.2 Å². The number of nitrogens with one attached hydrogen (secondary N) is 1. The number of carbonyl (C=O) groups is 1. The third-order valence-corrected chi connectivity index (χ3v) is 5.94. The van der Waals surface area contributed by atoms with Crippen molar-refractivity contribution in [2.24, 2.45) is 5.92 Å². The predicted molar refractivity (Wildman–Crippen MR) is 112 cm³/mol. The van der Waals surface area contributed by atoms with Crippen LogP contribution in [0.4, 0.5) is 5.13 Å². The van der Waals surface area contributed by atoms with Crippen molar-refractivity contribution < 1.29 is 4.79 Å². The first kappa shape index (κ1) is 20.1. The van der Waals surface area contributed by atoms with Crippen molar-refractivity contribution in [2.75, 3.05) is 24.5 Å². The minimum absolute atomic E-state index is 0.0454.